The van der Waals surface area contributed by atoms with Crippen LogP contribution >= 0.6 is 11.6 Å². The van der Waals surface area contributed by atoms with E-state index in [-0.39, 0.29) is 54.4 Å². The summed E-state index contributed by atoms with van der Waals surface area (Å²) in [4.78, 5) is 27.6. The van der Waals surface area contributed by atoms with Gasteiger partial charge in [0.25, 0.3) is 0 Å². The van der Waals surface area contributed by atoms with E-state index in [1.165, 1.54) is 12.1 Å². The molecule has 1 aliphatic carbocycles. The molecular formula is C37H39ClF2N2O6. The van der Waals surface area contributed by atoms with E-state index < -0.39 is 34.5 Å². The van der Waals surface area contributed by atoms with Gasteiger partial charge in [0, 0.05) is 42.7 Å². The quantitative estimate of drug-likeness (QED) is 0.221. The van der Waals surface area contributed by atoms with Gasteiger partial charge >= 0.3 is 5.97 Å². The van der Waals surface area contributed by atoms with Gasteiger partial charge in [-0.3, -0.25) is 14.5 Å². The molecule has 0 aromatic heterocycles. The third-order valence-corrected chi connectivity index (χ3v) is 9.34. The Morgan fingerprint density at radius 2 is 1.79 bits per heavy atom. The van der Waals surface area contributed by atoms with Crippen LogP contribution in [0.4, 0.5) is 8.78 Å². The molecule has 2 N–H and O–H groups in total. The van der Waals surface area contributed by atoms with Crippen LogP contribution in [-0.2, 0) is 27.5 Å². The molecule has 1 heterocycles. The summed E-state index contributed by atoms with van der Waals surface area (Å²) in [5.74, 6) is -2.21. The van der Waals surface area contributed by atoms with E-state index in [4.69, 9.17) is 25.8 Å². The lowest BCUT2D eigenvalue weighted by Gasteiger charge is -2.46. The topological polar surface area (TPSA) is 97.3 Å². The summed E-state index contributed by atoms with van der Waals surface area (Å²) in [6.07, 6.45) is 5.73. The van der Waals surface area contributed by atoms with E-state index in [1.54, 1.807) is 17.0 Å². The number of carbonyl (C=O) groups is 2. The van der Waals surface area contributed by atoms with Crippen molar-refractivity contribution >= 4 is 29.1 Å². The molecule has 8 nitrogen and oxygen atoms in total. The number of morpholine rings is 1. The van der Waals surface area contributed by atoms with Crippen molar-refractivity contribution in [3.63, 3.8) is 0 Å². The Bertz CT molecular complexity index is 1690. The van der Waals surface area contributed by atoms with E-state index in [2.05, 4.69) is 5.32 Å². The van der Waals surface area contributed by atoms with Gasteiger partial charge in [0.05, 0.1) is 18.2 Å². The van der Waals surface area contributed by atoms with E-state index >= 15 is 0 Å². The maximum atomic E-state index is 14.0. The van der Waals surface area contributed by atoms with Gasteiger partial charge in [0.2, 0.25) is 5.91 Å². The summed E-state index contributed by atoms with van der Waals surface area (Å²) in [6, 6.07) is 15.3. The molecule has 5 rings (SSSR count). The summed E-state index contributed by atoms with van der Waals surface area (Å²) >= 11 is 6.81. The fourth-order valence-corrected chi connectivity index (χ4v) is 6.52. The molecule has 1 amide bonds. The number of benzene rings is 3. The number of halogens is 3. The van der Waals surface area contributed by atoms with Crippen LogP contribution in [0.5, 0.6) is 11.5 Å². The van der Waals surface area contributed by atoms with Crippen LogP contribution in [-0.4, -0.2) is 60.8 Å². The van der Waals surface area contributed by atoms with Crippen LogP contribution in [0.3, 0.4) is 0 Å². The molecule has 1 unspecified atom stereocenters. The maximum Gasteiger partial charge on any atom is 0.323 e. The summed E-state index contributed by atoms with van der Waals surface area (Å²) in [6.45, 7) is 6.90. The minimum atomic E-state index is -1.15. The van der Waals surface area contributed by atoms with Gasteiger partial charge in [-0.05, 0) is 41.8 Å². The highest BCUT2D eigenvalue weighted by molar-refractivity contribution is 6.32. The smallest absolute Gasteiger partial charge is 0.323 e. The number of aliphatic carboxylic acids is 1. The third-order valence-electron chi connectivity index (χ3n) is 9.04. The lowest BCUT2D eigenvalue weighted by atomic mass is 9.58. The summed E-state index contributed by atoms with van der Waals surface area (Å²) in [5.41, 5.74) is 0.880. The maximum absolute atomic E-state index is 14.0. The molecule has 1 aliphatic heterocycles. The Labute approximate surface area is 283 Å². The van der Waals surface area contributed by atoms with Gasteiger partial charge in [-0.15, -0.1) is 0 Å². The molecule has 11 heteroatoms. The van der Waals surface area contributed by atoms with Gasteiger partial charge in [-0.1, -0.05) is 74.0 Å². The molecule has 0 bridgehead atoms. The van der Waals surface area contributed by atoms with Crippen molar-refractivity contribution in [2.24, 2.45) is 10.8 Å². The highest BCUT2D eigenvalue weighted by Gasteiger charge is 2.53. The molecule has 2 aliphatic rings. The minimum Gasteiger partial charge on any atom is -0.490 e. The zero-order valence-corrected chi connectivity index (χ0v) is 27.9. The zero-order chi connectivity index (χ0) is 34.5. The lowest BCUT2D eigenvalue weighted by Crippen LogP contribution is -2.53. The molecule has 2 atom stereocenters. The van der Waals surface area contributed by atoms with Crippen LogP contribution in [0.15, 0.2) is 78.9 Å². The van der Waals surface area contributed by atoms with E-state index in [9.17, 15) is 23.5 Å². The molecule has 1 fully saturated rings. The molecule has 0 saturated carbocycles. The van der Waals surface area contributed by atoms with Gasteiger partial charge < -0.3 is 24.6 Å². The molecule has 0 spiro atoms. The fraction of sp³-hybridized carbons (Fsp3) is 0.351. The first-order valence-corrected chi connectivity index (χ1v) is 16.1. The van der Waals surface area contributed by atoms with Crippen molar-refractivity contribution in [2.75, 3.05) is 32.9 Å². The van der Waals surface area contributed by atoms with Crippen molar-refractivity contribution in [1.82, 2.24) is 10.2 Å². The second-order valence-electron chi connectivity index (χ2n) is 12.4. The van der Waals surface area contributed by atoms with Gasteiger partial charge in [-0.25, -0.2) is 8.78 Å². The number of nitrogens with zero attached hydrogens (tertiary/aromatic N) is 1. The van der Waals surface area contributed by atoms with Gasteiger partial charge in [0.15, 0.2) is 0 Å². The van der Waals surface area contributed by atoms with Crippen LogP contribution in [0, 0.1) is 22.5 Å². The highest BCUT2D eigenvalue weighted by Crippen LogP contribution is 2.53. The van der Waals surface area contributed by atoms with Crippen LogP contribution in [0.25, 0.3) is 5.57 Å². The van der Waals surface area contributed by atoms with E-state index in [0.717, 1.165) is 17.2 Å². The number of carbonyl (C=O) groups excluding carboxylic acids is 1. The molecule has 3 aromatic carbocycles. The van der Waals surface area contributed by atoms with Gasteiger partial charge in [0.1, 0.15) is 47.8 Å². The van der Waals surface area contributed by atoms with Crippen LogP contribution < -0.4 is 14.8 Å². The summed E-state index contributed by atoms with van der Waals surface area (Å²) in [5, 5.41) is 13.0. The van der Waals surface area contributed by atoms with Crippen molar-refractivity contribution in [2.45, 2.75) is 40.0 Å². The molecular weight excluding hydrogens is 642 g/mol. The number of allylic oxidation sites excluding steroid dienone is 3. The van der Waals surface area contributed by atoms with Crippen LogP contribution in [0.1, 0.15) is 37.5 Å². The average molecular weight is 681 g/mol. The van der Waals surface area contributed by atoms with Crippen LogP contribution in [0.2, 0.25) is 5.02 Å². The second-order valence-corrected chi connectivity index (χ2v) is 12.8. The lowest BCUT2D eigenvalue weighted by molar-refractivity contribution is -0.150. The summed E-state index contributed by atoms with van der Waals surface area (Å²) in [7, 11) is 0. The Hall–Kier alpha value is -4.25. The number of amides is 1. The third kappa shape index (κ3) is 7.41. The van der Waals surface area contributed by atoms with Gasteiger partial charge in [-0.2, -0.15) is 0 Å². The predicted octanol–water partition coefficient (Wildman–Crippen LogP) is 6.66. The molecule has 48 heavy (non-hydrogen) atoms. The zero-order valence-electron chi connectivity index (χ0n) is 27.1. The number of carboxylic acid groups (broad SMARTS) is 1. The number of rotatable bonds is 12. The summed E-state index contributed by atoms with van der Waals surface area (Å²) < 4.78 is 45.8. The fourth-order valence-electron chi connectivity index (χ4n) is 6.28. The van der Waals surface area contributed by atoms with E-state index in [0.29, 0.717) is 25.3 Å². The number of hydrogen-bond donors (Lipinski definition) is 2. The first kappa shape index (κ1) is 35.1. The van der Waals surface area contributed by atoms with Crippen molar-refractivity contribution in [1.29, 1.82) is 0 Å². The average Bonchev–Trinajstić information content (AvgIpc) is 3.04. The molecule has 0 radical (unpaired) electrons. The Kier molecular flexibility index (Phi) is 10.9. The molecule has 254 valence electrons. The van der Waals surface area contributed by atoms with Crippen molar-refractivity contribution in [3.05, 3.63) is 112 Å². The Morgan fingerprint density at radius 1 is 1.06 bits per heavy atom. The SMILES string of the molecule is CCNC(=O)C1(COc2cc(OCc3cc(F)cc(F)c3)c(CN3CCOC[C@H]3C(=O)O)cc2Cl)C=CC=C(c2ccccc2)C1(C)C. The monoisotopic (exact) mass is 680 g/mol. The normalized spacial score (nSPS) is 20.5. The molecule has 1 saturated heterocycles. The van der Waals surface area contributed by atoms with Crippen molar-refractivity contribution in [3.8, 4) is 11.5 Å². The second kappa shape index (κ2) is 14.9. The minimum absolute atomic E-state index is 0.0215. The predicted molar refractivity (Wildman–Crippen MR) is 179 cm³/mol. The number of ether oxygens (including phenoxy) is 3. The highest BCUT2D eigenvalue weighted by atomic mass is 35.5. The van der Waals surface area contributed by atoms with E-state index in [1.807, 2.05) is 69.3 Å². The molecule has 3 aromatic rings. The number of nitrogens with one attached hydrogen (secondary N) is 1. The standard InChI is InChI=1S/C37H39ClF2N2O6/c1-4-41-35(45)37(12-8-11-29(36(37,2)3)25-9-6-5-7-10-25)23-48-33-19-32(47-21-24-15-27(39)18-28(40)16-24)26(17-30(33)38)20-42-13-14-46-22-31(42)34(43)44/h5-12,15-19,31H,4,13-14,20-23H2,1-3H3,(H,41,45)(H,43,44)/t31-,37?/m0/s1. The largest absolute Gasteiger partial charge is 0.490 e. The number of carboxylic acids is 1. The Balaban J connectivity index is 1.49. The Morgan fingerprint density at radius 3 is 2.48 bits per heavy atom. The first-order valence-electron chi connectivity index (χ1n) is 15.8. The first-order chi connectivity index (χ1) is 22.9. The van der Waals surface area contributed by atoms with Crippen molar-refractivity contribution < 1.29 is 37.7 Å². The number of hydrogen-bond acceptors (Lipinski definition) is 6.